The number of carbonyl (C=O) groups is 2. The molecule has 0 aliphatic rings. The van der Waals surface area contributed by atoms with E-state index in [-0.39, 0.29) is 17.8 Å². The van der Waals surface area contributed by atoms with Crippen molar-refractivity contribution in [2.75, 3.05) is 6.61 Å². The normalized spacial score (nSPS) is 12.6. The van der Waals surface area contributed by atoms with Gasteiger partial charge in [-0.15, -0.1) is 0 Å². The summed E-state index contributed by atoms with van der Waals surface area (Å²) in [6.45, 7) is 1.48. The van der Waals surface area contributed by atoms with Crippen molar-refractivity contribution in [2.45, 2.75) is 19.8 Å². The number of hydrogen-bond acceptors (Lipinski definition) is 4. The lowest BCUT2D eigenvalue weighted by molar-refractivity contribution is -0.233. The van der Waals surface area contributed by atoms with Gasteiger partial charge in [-0.25, -0.2) is 9.68 Å². The molecule has 0 rings (SSSR count). The van der Waals surface area contributed by atoms with Crippen LogP contribution in [0.15, 0.2) is 23.3 Å². The van der Waals surface area contributed by atoms with E-state index in [4.69, 9.17) is 15.5 Å². The zero-order valence-corrected chi connectivity index (χ0v) is 8.84. The first kappa shape index (κ1) is 14.3. The number of allylic oxidation sites excluding steroid dienone is 1. The first-order valence-corrected chi connectivity index (χ1v) is 4.62. The summed E-state index contributed by atoms with van der Waals surface area (Å²) in [6.07, 6.45) is 3.12. The van der Waals surface area contributed by atoms with Crippen LogP contribution < -0.4 is 0 Å². The molecule has 0 aromatic carbocycles. The van der Waals surface area contributed by atoms with Crippen LogP contribution in [0.1, 0.15) is 19.8 Å². The highest BCUT2D eigenvalue weighted by atomic mass is 17.1. The van der Waals surface area contributed by atoms with Crippen molar-refractivity contribution in [2.24, 2.45) is 0 Å². The summed E-state index contributed by atoms with van der Waals surface area (Å²) in [7, 11) is 0. The fraction of sp³-hybridized carbons (Fsp3) is 0.400. The Labute approximate surface area is 92.4 Å². The van der Waals surface area contributed by atoms with Crippen LogP contribution in [0.25, 0.3) is 0 Å². The van der Waals surface area contributed by atoms with Gasteiger partial charge in [-0.05, 0) is 12.0 Å². The van der Waals surface area contributed by atoms with Gasteiger partial charge in [-0.2, -0.15) is 0 Å². The topological polar surface area (TPSA) is 104 Å². The Kier molecular flexibility index (Phi) is 6.82. The lowest BCUT2D eigenvalue weighted by atomic mass is 10.0. The van der Waals surface area contributed by atoms with Crippen molar-refractivity contribution in [1.29, 1.82) is 0 Å². The molecule has 6 nitrogen and oxygen atoms in total. The molecule has 0 aromatic rings. The van der Waals surface area contributed by atoms with Gasteiger partial charge >= 0.3 is 11.9 Å². The van der Waals surface area contributed by atoms with E-state index in [1.165, 1.54) is 6.08 Å². The highest BCUT2D eigenvalue weighted by Gasteiger charge is 2.16. The van der Waals surface area contributed by atoms with E-state index in [1.807, 2.05) is 6.92 Å². The molecule has 0 aliphatic carbocycles. The molecule has 3 N–H and O–H groups in total. The Morgan fingerprint density at radius 3 is 2.31 bits per heavy atom. The van der Waals surface area contributed by atoms with Crippen LogP contribution in [0.4, 0.5) is 0 Å². The summed E-state index contributed by atoms with van der Waals surface area (Å²) in [5.74, 6) is -2.59. The second kappa shape index (κ2) is 7.61. The summed E-state index contributed by atoms with van der Waals surface area (Å²) in [4.78, 5) is 25.1. The molecule has 0 radical (unpaired) electrons. The summed E-state index contributed by atoms with van der Waals surface area (Å²) in [6, 6.07) is 0. The third kappa shape index (κ3) is 5.28. The van der Waals surface area contributed by atoms with Crippen molar-refractivity contribution < 1.29 is 29.9 Å². The fourth-order valence-corrected chi connectivity index (χ4v) is 1.04. The second-order valence-corrected chi connectivity index (χ2v) is 2.96. The van der Waals surface area contributed by atoms with E-state index >= 15 is 0 Å². The number of carboxylic acids is 2. The predicted octanol–water partition coefficient (Wildman–Crippen LogP) is 1.30. The van der Waals surface area contributed by atoms with Crippen molar-refractivity contribution in [1.82, 2.24) is 0 Å². The van der Waals surface area contributed by atoms with Crippen LogP contribution in [-0.2, 0) is 14.5 Å². The number of hydrogen-bond donors (Lipinski definition) is 3. The lowest BCUT2D eigenvalue weighted by Crippen LogP contribution is -2.11. The molecule has 0 fully saturated rings. The van der Waals surface area contributed by atoms with Crippen LogP contribution in [0.3, 0.4) is 0 Å². The van der Waals surface area contributed by atoms with Crippen molar-refractivity contribution >= 4 is 11.9 Å². The van der Waals surface area contributed by atoms with Crippen molar-refractivity contribution in [3.8, 4) is 0 Å². The quantitative estimate of drug-likeness (QED) is 0.263. The molecule has 0 heterocycles. The first-order chi connectivity index (χ1) is 7.52. The Morgan fingerprint density at radius 1 is 1.31 bits per heavy atom. The molecule has 0 saturated heterocycles. The van der Waals surface area contributed by atoms with E-state index in [1.54, 1.807) is 6.08 Å². The first-order valence-electron chi connectivity index (χ1n) is 4.62. The second-order valence-electron chi connectivity index (χ2n) is 2.96. The Balaban J connectivity index is 5.16. The van der Waals surface area contributed by atoms with Crippen molar-refractivity contribution in [3.63, 3.8) is 0 Å². The molecule has 0 amide bonds. The van der Waals surface area contributed by atoms with E-state index in [0.717, 1.165) is 0 Å². The average molecular weight is 230 g/mol. The van der Waals surface area contributed by atoms with Crippen LogP contribution in [-0.4, -0.2) is 34.0 Å². The smallest absolute Gasteiger partial charge is 0.332 e. The lowest BCUT2D eigenvalue weighted by Gasteiger charge is -2.05. The molecule has 16 heavy (non-hydrogen) atoms. The van der Waals surface area contributed by atoms with Crippen molar-refractivity contribution in [3.05, 3.63) is 23.3 Å². The molecular formula is C10H14O6. The van der Waals surface area contributed by atoms with Crippen LogP contribution >= 0.6 is 0 Å². The predicted molar refractivity (Wildman–Crippen MR) is 54.9 cm³/mol. The number of carboxylic acid groups (broad SMARTS) is 2. The molecule has 6 heteroatoms. The van der Waals surface area contributed by atoms with Gasteiger partial charge < -0.3 is 10.2 Å². The summed E-state index contributed by atoms with van der Waals surface area (Å²) < 4.78 is 0. The maximum absolute atomic E-state index is 10.8. The van der Waals surface area contributed by atoms with Gasteiger partial charge in [0, 0.05) is 0 Å². The highest BCUT2D eigenvalue weighted by Crippen LogP contribution is 2.12. The fourth-order valence-electron chi connectivity index (χ4n) is 1.04. The number of aliphatic carboxylic acids is 2. The average Bonchev–Trinajstić information content (AvgIpc) is 2.20. The van der Waals surface area contributed by atoms with Crippen LogP contribution in [0, 0.1) is 0 Å². The maximum atomic E-state index is 10.8. The molecule has 0 bridgehead atoms. The van der Waals surface area contributed by atoms with Gasteiger partial charge in [0.05, 0.1) is 12.0 Å². The minimum Gasteiger partial charge on any atom is -0.481 e. The van der Waals surface area contributed by atoms with E-state index in [0.29, 0.717) is 6.42 Å². The van der Waals surface area contributed by atoms with Crippen LogP contribution in [0.2, 0.25) is 0 Å². The van der Waals surface area contributed by atoms with Gasteiger partial charge in [0.25, 0.3) is 0 Å². The number of rotatable bonds is 7. The molecule has 0 aliphatic heterocycles. The summed E-state index contributed by atoms with van der Waals surface area (Å²) in [5, 5.41) is 25.7. The molecular weight excluding hydrogens is 216 g/mol. The maximum Gasteiger partial charge on any atom is 0.332 e. The zero-order valence-electron chi connectivity index (χ0n) is 8.84. The Morgan fingerprint density at radius 2 is 1.94 bits per heavy atom. The zero-order chi connectivity index (χ0) is 12.6. The van der Waals surface area contributed by atoms with Gasteiger partial charge in [-0.3, -0.25) is 10.1 Å². The molecule has 0 saturated carbocycles. The molecule has 90 valence electrons. The van der Waals surface area contributed by atoms with E-state index < -0.39 is 18.4 Å². The SMILES string of the molecule is CC/C=C/C(COO)=C(\CC(=O)O)C(=O)O. The minimum absolute atomic E-state index is 0.138. The third-order valence-corrected chi connectivity index (χ3v) is 1.75. The summed E-state index contributed by atoms with van der Waals surface area (Å²) >= 11 is 0. The molecule has 0 unspecified atom stereocenters. The Bertz CT molecular complexity index is 315. The van der Waals surface area contributed by atoms with Gasteiger partial charge in [-0.1, -0.05) is 19.1 Å². The van der Waals surface area contributed by atoms with Gasteiger partial charge in [0.15, 0.2) is 0 Å². The van der Waals surface area contributed by atoms with Gasteiger partial charge in [0.2, 0.25) is 0 Å². The van der Waals surface area contributed by atoms with Crippen LogP contribution in [0.5, 0.6) is 0 Å². The third-order valence-electron chi connectivity index (χ3n) is 1.75. The highest BCUT2D eigenvalue weighted by molar-refractivity contribution is 5.93. The molecule has 0 atom stereocenters. The standard InChI is InChI=1S/C10H14O6/c1-2-3-4-7(6-16-15)8(10(13)14)5-9(11)12/h3-4,15H,2,5-6H2,1H3,(H,11,12)(H,13,14)/b4-3+,8-7-. The minimum atomic E-state index is -1.34. The van der Waals surface area contributed by atoms with E-state index in [9.17, 15) is 9.59 Å². The molecule has 0 spiro atoms. The Hall–Kier alpha value is -1.66. The molecule has 0 aromatic heterocycles. The summed E-state index contributed by atoms with van der Waals surface area (Å²) in [5.41, 5.74) is -0.162. The largest absolute Gasteiger partial charge is 0.481 e. The van der Waals surface area contributed by atoms with Gasteiger partial charge in [0.1, 0.15) is 6.61 Å². The van der Waals surface area contributed by atoms with E-state index in [2.05, 4.69) is 4.89 Å². The monoisotopic (exact) mass is 230 g/mol.